The number of carbonyl (C=O) groups excluding carboxylic acids is 3. The highest BCUT2D eigenvalue weighted by Gasteiger charge is 2.37. The minimum atomic E-state index is -0.847. The molecule has 1 saturated heterocycles. The maximum absolute atomic E-state index is 13.2. The molecule has 1 aliphatic heterocycles. The minimum Gasteiger partial charge on any atom is -0.490 e. The van der Waals surface area contributed by atoms with Gasteiger partial charge in [0.05, 0.1) is 15.9 Å². The molecule has 0 aliphatic carbocycles. The number of carbonyl (C=O) groups is 3. The third kappa shape index (κ3) is 5.83. The largest absolute Gasteiger partial charge is 0.490 e. The van der Waals surface area contributed by atoms with Crippen LogP contribution in [-0.2, 0) is 16.2 Å². The van der Waals surface area contributed by atoms with Crippen LogP contribution in [0.25, 0.3) is 6.08 Å². The first-order valence-corrected chi connectivity index (χ1v) is 12.6. The van der Waals surface area contributed by atoms with Gasteiger partial charge in [-0.2, -0.15) is 0 Å². The van der Waals surface area contributed by atoms with Crippen LogP contribution in [0.2, 0.25) is 10.0 Å². The van der Waals surface area contributed by atoms with Crippen molar-refractivity contribution in [2.45, 2.75) is 13.5 Å². The fourth-order valence-corrected chi connectivity index (χ4v) is 4.58. The Hall–Kier alpha value is -3.08. The summed E-state index contributed by atoms with van der Waals surface area (Å²) < 4.78 is 12.5. The van der Waals surface area contributed by atoms with Crippen molar-refractivity contribution in [3.8, 4) is 11.5 Å². The van der Waals surface area contributed by atoms with E-state index in [0.717, 1.165) is 10.5 Å². The Morgan fingerprint density at radius 3 is 2.42 bits per heavy atom. The van der Waals surface area contributed by atoms with E-state index in [0.29, 0.717) is 43.9 Å². The van der Waals surface area contributed by atoms with Gasteiger partial charge >= 0.3 is 6.03 Å². The number of imide groups is 2. The second-order valence-corrected chi connectivity index (χ2v) is 9.65. The van der Waals surface area contributed by atoms with Crippen LogP contribution in [-0.4, -0.2) is 24.5 Å². The molecule has 10 heteroatoms. The molecule has 0 aromatic heterocycles. The first-order valence-electron chi connectivity index (χ1n) is 10.8. The third-order valence-corrected chi connectivity index (χ3v) is 6.40. The van der Waals surface area contributed by atoms with Crippen LogP contribution < -0.4 is 19.7 Å². The van der Waals surface area contributed by atoms with Gasteiger partial charge in [0.1, 0.15) is 12.2 Å². The molecule has 0 atom stereocenters. The minimum absolute atomic E-state index is 0.206. The smallest absolute Gasteiger partial charge is 0.335 e. The molecule has 36 heavy (non-hydrogen) atoms. The Kier molecular flexibility index (Phi) is 8.17. The van der Waals surface area contributed by atoms with Gasteiger partial charge in [-0.25, -0.2) is 9.69 Å². The third-order valence-electron chi connectivity index (χ3n) is 5.11. The lowest BCUT2D eigenvalue weighted by atomic mass is 10.1. The first-order chi connectivity index (χ1) is 17.3. The zero-order valence-corrected chi connectivity index (χ0v) is 22.6. The molecule has 0 saturated carbocycles. The molecule has 1 aliphatic rings. The number of urea groups is 1. The number of barbiturate groups is 1. The zero-order chi connectivity index (χ0) is 25.8. The van der Waals surface area contributed by atoms with Crippen molar-refractivity contribution in [3.63, 3.8) is 0 Å². The Morgan fingerprint density at radius 1 is 0.972 bits per heavy atom. The van der Waals surface area contributed by atoms with Gasteiger partial charge < -0.3 is 9.47 Å². The lowest BCUT2D eigenvalue weighted by Gasteiger charge is -2.26. The molecule has 3 aromatic carbocycles. The van der Waals surface area contributed by atoms with Crippen LogP contribution in [0.3, 0.4) is 0 Å². The van der Waals surface area contributed by atoms with E-state index in [1.165, 1.54) is 12.1 Å². The van der Waals surface area contributed by atoms with Gasteiger partial charge in [0.25, 0.3) is 11.8 Å². The number of rotatable bonds is 7. The number of hydrogen-bond acceptors (Lipinski definition) is 5. The number of benzene rings is 3. The molecule has 1 N–H and O–H groups in total. The monoisotopic (exact) mass is 636 g/mol. The molecule has 4 amide bonds. The van der Waals surface area contributed by atoms with Gasteiger partial charge in [0.2, 0.25) is 0 Å². The van der Waals surface area contributed by atoms with Crippen molar-refractivity contribution in [2.75, 3.05) is 11.5 Å². The normalized spacial score (nSPS) is 14.7. The maximum Gasteiger partial charge on any atom is 0.335 e. The fraction of sp³-hybridized carbons (Fsp3) is 0.115. The summed E-state index contributed by atoms with van der Waals surface area (Å²) in [6.07, 6.45) is 1.41. The van der Waals surface area contributed by atoms with E-state index in [1.807, 2.05) is 19.1 Å². The summed E-state index contributed by atoms with van der Waals surface area (Å²) in [7, 11) is 0. The topological polar surface area (TPSA) is 84.9 Å². The van der Waals surface area contributed by atoms with E-state index in [-0.39, 0.29) is 11.3 Å². The van der Waals surface area contributed by atoms with Crippen LogP contribution >= 0.6 is 45.8 Å². The molecule has 3 aromatic rings. The molecular weight excluding hydrogens is 618 g/mol. The van der Waals surface area contributed by atoms with E-state index in [1.54, 1.807) is 42.5 Å². The van der Waals surface area contributed by atoms with E-state index < -0.39 is 17.8 Å². The summed E-state index contributed by atoms with van der Waals surface area (Å²) in [5.41, 5.74) is 1.50. The van der Waals surface area contributed by atoms with Crippen LogP contribution in [0, 0.1) is 3.57 Å². The summed E-state index contributed by atoms with van der Waals surface area (Å²) in [6.45, 7) is 2.52. The molecule has 4 rings (SSSR count). The predicted octanol–water partition coefficient (Wildman–Crippen LogP) is 6.24. The summed E-state index contributed by atoms with van der Waals surface area (Å²) in [6, 6.07) is 16.1. The predicted molar refractivity (Wildman–Crippen MR) is 147 cm³/mol. The SMILES string of the molecule is CCOc1cc(/C=C2\C(=O)NC(=O)N(c3cccc(Cl)c3)C2=O)cc(I)c1OCc1ccc(Cl)cc1. The van der Waals surface area contributed by atoms with Gasteiger partial charge in [-0.05, 0) is 89.2 Å². The Morgan fingerprint density at radius 2 is 1.72 bits per heavy atom. The lowest BCUT2D eigenvalue weighted by Crippen LogP contribution is -2.54. The summed E-state index contributed by atoms with van der Waals surface area (Å²) in [5, 5.41) is 3.19. The van der Waals surface area contributed by atoms with Crippen LogP contribution in [0.1, 0.15) is 18.1 Å². The van der Waals surface area contributed by atoms with Gasteiger partial charge in [0.15, 0.2) is 11.5 Å². The Labute approximate surface area is 231 Å². The standard InChI is InChI=1S/C26H19Cl2IN2O5/c1-2-35-22-12-16(11-21(29)23(22)36-14-15-6-8-17(27)9-7-15)10-20-24(32)30-26(34)31(25(20)33)19-5-3-4-18(28)13-19/h3-13H,2,14H2,1H3,(H,30,32,34)/b20-10+. The van der Waals surface area contributed by atoms with Gasteiger partial charge in [-0.15, -0.1) is 0 Å². The maximum atomic E-state index is 13.2. The van der Waals surface area contributed by atoms with Crippen molar-refractivity contribution in [2.24, 2.45) is 0 Å². The first kappa shape index (κ1) is 26.0. The van der Waals surface area contributed by atoms with E-state index in [9.17, 15) is 14.4 Å². The summed E-state index contributed by atoms with van der Waals surface area (Å²) in [5.74, 6) is -0.567. The summed E-state index contributed by atoms with van der Waals surface area (Å²) >= 11 is 14.1. The fourth-order valence-electron chi connectivity index (χ4n) is 3.48. The average molecular weight is 637 g/mol. The number of nitrogens with zero attached hydrogens (tertiary/aromatic N) is 1. The molecular formula is C26H19Cl2IN2O5. The number of ether oxygens (including phenoxy) is 2. The van der Waals surface area contributed by atoms with Crippen molar-refractivity contribution >= 4 is 75.4 Å². The molecule has 0 bridgehead atoms. The number of hydrogen-bond donors (Lipinski definition) is 1. The lowest BCUT2D eigenvalue weighted by molar-refractivity contribution is -0.122. The molecule has 7 nitrogen and oxygen atoms in total. The average Bonchev–Trinajstić information content (AvgIpc) is 2.82. The Bertz CT molecular complexity index is 1380. The van der Waals surface area contributed by atoms with Crippen molar-refractivity contribution in [1.82, 2.24) is 5.32 Å². The second kappa shape index (κ2) is 11.3. The van der Waals surface area contributed by atoms with E-state index in [2.05, 4.69) is 27.9 Å². The summed E-state index contributed by atoms with van der Waals surface area (Å²) in [4.78, 5) is 39.0. The highest BCUT2D eigenvalue weighted by atomic mass is 127. The van der Waals surface area contributed by atoms with Gasteiger partial charge in [-0.3, -0.25) is 14.9 Å². The highest BCUT2D eigenvalue weighted by Crippen LogP contribution is 2.36. The molecule has 1 heterocycles. The van der Waals surface area contributed by atoms with Crippen molar-refractivity contribution < 1.29 is 23.9 Å². The van der Waals surface area contributed by atoms with E-state index in [4.69, 9.17) is 32.7 Å². The molecule has 184 valence electrons. The Balaban J connectivity index is 1.66. The number of halogens is 3. The number of amides is 4. The van der Waals surface area contributed by atoms with Crippen LogP contribution in [0.5, 0.6) is 11.5 Å². The molecule has 0 radical (unpaired) electrons. The zero-order valence-electron chi connectivity index (χ0n) is 18.9. The number of anilines is 1. The molecule has 0 unspecified atom stereocenters. The van der Waals surface area contributed by atoms with Crippen LogP contribution in [0.15, 0.2) is 66.2 Å². The quantitative estimate of drug-likeness (QED) is 0.189. The van der Waals surface area contributed by atoms with Gasteiger partial charge in [0, 0.05) is 10.0 Å². The second-order valence-electron chi connectivity index (χ2n) is 7.62. The van der Waals surface area contributed by atoms with E-state index >= 15 is 0 Å². The van der Waals surface area contributed by atoms with Gasteiger partial charge in [-0.1, -0.05) is 41.4 Å². The van der Waals surface area contributed by atoms with Crippen molar-refractivity contribution in [1.29, 1.82) is 0 Å². The number of nitrogens with one attached hydrogen (secondary N) is 1. The highest BCUT2D eigenvalue weighted by molar-refractivity contribution is 14.1. The molecule has 1 fully saturated rings. The van der Waals surface area contributed by atoms with Crippen LogP contribution in [0.4, 0.5) is 10.5 Å². The molecule has 0 spiro atoms. The van der Waals surface area contributed by atoms with Crippen molar-refractivity contribution in [3.05, 3.63) is 91.0 Å².